The lowest BCUT2D eigenvalue weighted by Gasteiger charge is -2.01. The molecular weight excluding hydrogens is 276 g/mol. The van der Waals surface area contributed by atoms with E-state index in [9.17, 15) is 20.2 Å². The van der Waals surface area contributed by atoms with E-state index in [2.05, 4.69) is 4.98 Å². The van der Waals surface area contributed by atoms with Crippen LogP contribution >= 0.6 is 0 Å². The molecule has 0 amide bonds. The summed E-state index contributed by atoms with van der Waals surface area (Å²) in [5.41, 5.74) is 1.78. The highest BCUT2D eigenvalue weighted by Crippen LogP contribution is 2.27. The lowest BCUT2D eigenvalue weighted by atomic mass is 10.1. The molecule has 0 aliphatic carbocycles. The number of benzene rings is 1. The molecule has 0 aliphatic rings. The molecule has 3 rings (SSSR count). The highest BCUT2D eigenvalue weighted by Gasteiger charge is 2.17. The number of aromatic nitrogens is 2. The molecule has 2 heterocycles. The van der Waals surface area contributed by atoms with E-state index in [1.165, 1.54) is 22.7 Å². The molecule has 0 unspecified atom stereocenters. The minimum Gasteiger partial charge on any atom is -0.358 e. The Hall–Kier alpha value is -3.29. The number of nitro benzene ring substituents is 1. The number of nitrogens with zero attached hydrogens (tertiary/aromatic N) is 4. The van der Waals surface area contributed by atoms with Crippen LogP contribution in [-0.4, -0.2) is 19.2 Å². The zero-order valence-electron chi connectivity index (χ0n) is 10.5. The van der Waals surface area contributed by atoms with Crippen LogP contribution in [0.2, 0.25) is 0 Å². The highest BCUT2D eigenvalue weighted by atomic mass is 16.6. The van der Waals surface area contributed by atoms with Crippen LogP contribution in [0.25, 0.3) is 16.8 Å². The average Bonchev–Trinajstić information content (AvgIpc) is 2.91. The monoisotopic (exact) mass is 284 g/mol. The molecule has 1 aromatic carbocycles. The summed E-state index contributed by atoms with van der Waals surface area (Å²) in [6, 6.07) is 9.37. The van der Waals surface area contributed by atoms with Gasteiger partial charge < -0.3 is 10.1 Å². The fourth-order valence-electron chi connectivity index (χ4n) is 2.12. The summed E-state index contributed by atoms with van der Waals surface area (Å²) in [6.45, 7) is 0. The van der Waals surface area contributed by atoms with Crippen LogP contribution in [0, 0.1) is 20.2 Å². The number of non-ortho nitro benzene ring substituents is 1. The van der Waals surface area contributed by atoms with Gasteiger partial charge in [-0.05, 0) is 34.8 Å². The number of fused-ring (bicyclic) bond motifs is 1. The summed E-state index contributed by atoms with van der Waals surface area (Å²) in [7, 11) is 0. The van der Waals surface area contributed by atoms with Crippen molar-refractivity contribution in [2.75, 3.05) is 0 Å². The van der Waals surface area contributed by atoms with Crippen LogP contribution in [0.4, 0.5) is 11.5 Å². The van der Waals surface area contributed by atoms with Gasteiger partial charge in [-0.2, -0.15) is 4.40 Å². The van der Waals surface area contributed by atoms with Gasteiger partial charge in [-0.1, -0.05) is 0 Å². The van der Waals surface area contributed by atoms with E-state index in [0.717, 1.165) is 0 Å². The molecule has 104 valence electrons. The van der Waals surface area contributed by atoms with Crippen molar-refractivity contribution in [3.63, 3.8) is 0 Å². The Morgan fingerprint density at radius 2 is 1.71 bits per heavy atom. The van der Waals surface area contributed by atoms with E-state index >= 15 is 0 Å². The second-order valence-electron chi connectivity index (χ2n) is 4.29. The van der Waals surface area contributed by atoms with E-state index in [-0.39, 0.29) is 11.5 Å². The molecule has 0 saturated carbocycles. The van der Waals surface area contributed by atoms with E-state index < -0.39 is 9.85 Å². The Morgan fingerprint density at radius 1 is 1.00 bits per heavy atom. The minimum absolute atomic E-state index is 0.0139. The summed E-state index contributed by atoms with van der Waals surface area (Å²) < 4.78 is 1.37. The molecule has 0 radical (unpaired) electrons. The van der Waals surface area contributed by atoms with Crippen molar-refractivity contribution in [1.82, 2.24) is 9.38 Å². The van der Waals surface area contributed by atoms with Gasteiger partial charge in [0.1, 0.15) is 6.20 Å². The molecule has 0 fully saturated rings. The third-order valence-electron chi connectivity index (χ3n) is 3.09. The SMILES string of the molecule is O=[N+]([O-])c1ccc(-c2cccn3c([N+](=O)[O-])cnc23)cc1. The minimum atomic E-state index is -0.514. The van der Waals surface area contributed by atoms with E-state index in [4.69, 9.17) is 0 Å². The molecule has 8 nitrogen and oxygen atoms in total. The smallest absolute Gasteiger partial charge is 0.347 e. The third kappa shape index (κ3) is 2.08. The second-order valence-corrected chi connectivity index (χ2v) is 4.29. The first kappa shape index (κ1) is 12.7. The number of imidazole rings is 1. The number of rotatable bonds is 3. The first-order valence-corrected chi connectivity index (χ1v) is 5.93. The molecule has 0 spiro atoms. The summed E-state index contributed by atoms with van der Waals surface area (Å²) in [6.07, 6.45) is 2.74. The zero-order chi connectivity index (χ0) is 15.0. The fraction of sp³-hybridized carbons (Fsp3) is 0. The Morgan fingerprint density at radius 3 is 2.33 bits per heavy atom. The first-order chi connectivity index (χ1) is 10.1. The van der Waals surface area contributed by atoms with Crippen molar-refractivity contribution >= 4 is 17.2 Å². The number of pyridine rings is 1. The van der Waals surface area contributed by atoms with Gasteiger partial charge in [0, 0.05) is 17.7 Å². The Balaban J connectivity index is 2.16. The van der Waals surface area contributed by atoms with Gasteiger partial charge in [-0.25, -0.2) is 4.98 Å². The molecule has 8 heteroatoms. The lowest BCUT2D eigenvalue weighted by molar-refractivity contribution is -0.390. The van der Waals surface area contributed by atoms with E-state index in [1.54, 1.807) is 30.5 Å². The summed E-state index contributed by atoms with van der Waals surface area (Å²) in [5.74, 6) is -0.131. The quantitative estimate of drug-likeness (QED) is 0.543. The van der Waals surface area contributed by atoms with Crippen LogP contribution < -0.4 is 0 Å². The number of nitro groups is 2. The van der Waals surface area contributed by atoms with Crippen molar-refractivity contribution in [2.45, 2.75) is 0 Å². The Bertz CT molecular complexity index is 854. The van der Waals surface area contributed by atoms with Crippen LogP contribution in [0.15, 0.2) is 48.8 Å². The van der Waals surface area contributed by atoms with Crippen molar-refractivity contribution in [1.29, 1.82) is 0 Å². The van der Waals surface area contributed by atoms with Crippen LogP contribution in [0.5, 0.6) is 0 Å². The Labute approximate surface area is 117 Å². The van der Waals surface area contributed by atoms with Crippen LogP contribution in [-0.2, 0) is 0 Å². The van der Waals surface area contributed by atoms with Gasteiger partial charge in [0.05, 0.1) is 11.1 Å². The van der Waals surface area contributed by atoms with Gasteiger partial charge in [0.2, 0.25) is 5.65 Å². The van der Waals surface area contributed by atoms with Gasteiger partial charge in [0.15, 0.2) is 0 Å². The maximum absolute atomic E-state index is 10.9. The standard InChI is InChI=1S/C13H8N4O4/c18-16(19)10-5-3-9(4-6-10)11-2-1-7-15-12(17(20)21)8-14-13(11)15/h1-8H. The topological polar surface area (TPSA) is 104 Å². The van der Waals surface area contributed by atoms with Crippen molar-refractivity contribution < 1.29 is 9.85 Å². The van der Waals surface area contributed by atoms with Gasteiger partial charge >= 0.3 is 5.82 Å². The third-order valence-corrected chi connectivity index (χ3v) is 3.09. The van der Waals surface area contributed by atoms with Crippen molar-refractivity contribution in [3.05, 3.63) is 69.0 Å². The largest absolute Gasteiger partial charge is 0.358 e. The van der Waals surface area contributed by atoms with Crippen molar-refractivity contribution in [2.24, 2.45) is 0 Å². The summed E-state index contributed by atoms with van der Waals surface area (Å²) in [4.78, 5) is 24.6. The maximum Gasteiger partial charge on any atom is 0.347 e. The molecule has 0 atom stereocenters. The lowest BCUT2D eigenvalue weighted by Crippen LogP contribution is -1.94. The number of hydrogen-bond donors (Lipinski definition) is 0. The highest BCUT2D eigenvalue weighted by molar-refractivity contribution is 5.78. The molecule has 3 aromatic rings. The molecule has 0 bridgehead atoms. The summed E-state index contributed by atoms with van der Waals surface area (Å²) in [5, 5.41) is 21.6. The van der Waals surface area contributed by atoms with Crippen molar-refractivity contribution in [3.8, 4) is 11.1 Å². The molecule has 21 heavy (non-hydrogen) atoms. The van der Waals surface area contributed by atoms with E-state index in [0.29, 0.717) is 16.8 Å². The maximum atomic E-state index is 10.9. The van der Waals surface area contributed by atoms with Gasteiger partial charge in [-0.15, -0.1) is 0 Å². The Kier molecular flexibility index (Phi) is 2.83. The van der Waals surface area contributed by atoms with Crippen LogP contribution in [0.1, 0.15) is 0 Å². The second kappa shape index (κ2) is 4.67. The number of hydrogen-bond acceptors (Lipinski definition) is 5. The van der Waals surface area contributed by atoms with Crippen LogP contribution in [0.3, 0.4) is 0 Å². The fourth-order valence-corrected chi connectivity index (χ4v) is 2.12. The molecule has 0 aliphatic heterocycles. The van der Waals surface area contributed by atoms with E-state index in [1.807, 2.05) is 0 Å². The zero-order valence-corrected chi connectivity index (χ0v) is 10.5. The normalized spacial score (nSPS) is 10.7. The summed E-state index contributed by atoms with van der Waals surface area (Å²) >= 11 is 0. The molecule has 0 N–H and O–H groups in total. The average molecular weight is 284 g/mol. The molecule has 2 aromatic heterocycles. The van der Waals surface area contributed by atoms with Gasteiger partial charge in [-0.3, -0.25) is 10.1 Å². The molecular formula is C13H8N4O4. The molecule has 0 saturated heterocycles. The predicted octanol–water partition coefficient (Wildman–Crippen LogP) is 2.82. The predicted molar refractivity (Wildman–Crippen MR) is 73.9 cm³/mol. The first-order valence-electron chi connectivity index (χ1n) is 5.93. The van der Waals surface area contributed by atoms with Gasteiger partial charge in [0.25, 0.3) is 5.69 Å².